The number of imidazole rings is 1. The highest BCUT2D eigenvalue weighted by molar-refractivity contribution is 7.99. The quantitative estimate of drug-likeness (QED) is 0.305. The molecule has 11 heteroatoms. The van der Waals surface area contributed by atoms with E-state index in [0.717, 1.165) is 52.5 Å². The number of carbonyl (C=O) groups excluding carboxylic acids is 2. The molecule has 35 heavy (non-hydrogen) atoms. The van der Waals surface area contributed by atoms with Crippen molar-refractivity contribution in [2.45, 2.75) is 30.8 Å². The highest BCUT2D eigenvalue weighted by Crippen LogP contribution is 2.39. The summed E-state index contributed by atoms with van der Waals surface area (Å²) in [5.41, 5.74) is 1.74. The molecule has 0 spiro atoms. The Morgan fingerprint density at radius 1 is 1.11 bits per heavy atom. The number of hydrogen-bond donors (Lipinski definition) is 2. The molecular formula is C24H23N5O4S2. The minimum Gasteiger partial charge on any atom is -0.327 e. The molecule has 3 heterocycles. The number of thioether (sulfide) groups is 1. The van der Waals surface area contributed by atoms with Crippen LogP contribution in [0.1, 0.15) is 39.2 Å². The number of H-pyrrole nitrogens is 1. The van der Waals surface area contributed by atoms with Gasteiger partial charge in [-0.15, -0.1) is 11.3 Å². The molecule has 3 aromatic heterocycles. The zero-order chi connectivity index (χ0) is 24.7. The molecule has 0 atom stereocenters. The van der Waals surface area contributed by atoms with Crippen molar-refractivity contribution in [2.24, 2.45) is 14.1 Å². The van der Waals surface area contributed by atoms with Gasteiger partial charge in [0.25, 0.3) is 5.56 Å². The number of ketones is 1. The number of thiophene rings is 1. The van der Waals surface area contributed by atoms with Gasteiger partial charge in [0.15, 0.2) is 22.1 Å². The number of anilines is 1. The molecular weight excluding hydrogens is 486 g/mol. The lowest BCUT2D eigenvalue weighted by atomic mass is 9.92. The van der Waals surface area contributed by atoms with E-state index in [1.807, 2.05) is 18.2 Å². The Bertz CT molecular complexity index is 1580. The van der Waals surface area contributed by atoms with Gasteiger partial charge in [0.2, 0.25) is 5.91 Å². The van der Waals surface area contributed by atoms with E-state index in [9.17, 15) is 19.2 Å². The normalized spacial score (nSPS) is 13.1. The zero-order valence-electron chi connectivity index (χ0n) is 19.2. The van der Waals surface area contributed by atoms with Crippen LogP contribution in [0, 0.1) is 0 Å². The van der Waals surface area contributed by atoms with Gasteiger partial charge in [-0.2, -0.15) is 0 Å². The molecule has 0 saturated carbocycles. The summed E-state index contributed by atoms with van der Waals surface area (Å²) >= 11 is 2.60. The van der Waals surface area contributed by atoms with E-state index in [1.165, 1.54) is 30.0 Å². The number of rotatable bonds is 6. The highest BCUT2D eigenvalue weighted by atomic mass is 32.2. The second-order valence-electron chi connectivity index (χ2n) is 8.39. The summed E-state index contributed by atoms with van der Waals surface area (Å²) in [6.07, 6.45) is 3.84. The van der Waals surface area contributed by atoms with E-state index >= 15 is 0 Å². The van der Waals surface area contributed by atoms with E-state index < -0.39 is 11.2 Å². The first-order valence-electron chi connectivity index (χ1n) is 11.2. The lowest BCUT2D eigenvalue weighted by molar-refractivity contribution is -0.113. The van der Waals surface area contributed by atoms with Crippen LogP contribution in [-0.2, 0) is 31.7 Å². The lowest BCUT2D eigenvalue weighted by Gasteiger charge is -2.12. The first-order chi connectivity index (χ1) is 16.8. The number of nitrogens with zero attached hydrogens (tertiary/aromatic N) is 3. The summed E-state index contributed by atoms with van der Waals surface area (Å²) in [5, 5.41) is 3.88. The summed E-state index contributed by atoms with van der Waals surface area (Å²) in [5.74, 6) is -0.338. The van der Waals surface area contributed by atoms with Gasteiger partial charge in [0.1, 0.15) is 5.00 Å². The maximum atomic E-state index is 13.4. The molecule has 1 amide bonds. The monoisotopic (exact) mass is 509 g/mol. The third kappa shape index (κ3) is 4.25. The van der Waals surface area contributed by atoms with Crippen molar-refractivity contribution in [3.8, 4) is 0 Å². The first-order valence-corrected chi connectivity index (χ1v) is 13.0. The van der Waals surface area contributed by atoms with Crippen LogP contribution in [0.3, 0.4) is 0 Å². The summed E-state index contributed by atoms with van der Waals surface area (Å²) < 4.78 is 2.29. The van der Waals surface area contributed by atoms with Crippen LogP contribution in [0.25, 0.3) is 11.2 Å². The summed E-state index contributed by atoms with van der Waals surface area (Å²) in [4.78, 5) is 59.1. The van der Waals surface area contributed by atoms with Gasteiger partial charge in [-0.3, -0.25) is 23.5 Å². The Kier molecular flexibility index (Phi) is 6.20. The number of aryl methyl sites for hydroxylation is 2. The number of amides is 1. The summed E-state index contributed by atoms with van der Waals surface area (Å²) in [6.45, 7) is 0. The molecule has 0 bridgehead atoms. The molecule has 180 valence electrons. The maximum absolute atomic E-state index is 13.4. The van der Waals surface area contributed by atoms with Gasteiger partial charge < -0.3 is 10.3 Å². The Balaban J connectivity index is 1.38. The van der Waals surface area contributed by atoms with E-state index in [4.69, 9.17) is 0 Å². The lowest BCUT2D eigenvalue weighted by Crippen LogP contribution is -2.36. The van der Waals surface area contributed by atoms with Crippen LogP contribution >= 0.6 is 23.1 Å². The molecule has 0 saturated heterocycles. The predicted octanol–water partition coefficient (Wildman–Crippen LogP) is 2.86. The van der Waals surface area contributed by atoms with Crippen molar-refractivity contribution in [1.82, 2.24) is 19.1 Å². The third-order valence-electron chi connectivity index (χ3n) is 6.10. The average molecular weight is 510 g/mol. The number of nitrogens with one attached hydrogen (secondary N) is 2. The molecule has 9 nitrogen and oxygen atoms in total. The van der Waals surface area contributed by atoms with E-state index in [-0.39, 0.29) is 28.6 Å². The predicted molar refractivity (Wildman–Crippen MR) is 137 cm³/mol. The number of carbonyl (C=O) groups is 2. The van der Waals surface area contributed by atoms with Crippen LogP contribution in [0.2, 0.25) is 0 Å². The molecule has 0 radical (unpaired) electrons. The molecule has 5 rings (SSSR count). The molecule has 0 fully saturated rings. The van der Waals surface area contributed by atoms with Gasteiger partial charge in [-0.05, 0) is 31.2 Å². The van der Waals surface area contributed by atoms with Crippen molar-refractivity contribution < 1.29 is 9.59 Å². The Labute approximate surface area is 208 Å². The van der Waals surface area contributed by atoms with Crippen LogP contribution < -0.4 is 16.6 Å². The van der Waals surface area contributed by atoms with Crippen LogP contribution in [0.5, 0.6) is 0 Å². The summed E-state index contributed by atoms with van der Waals surface area (Å²) in [6, 6.07) is 9.10. The molecule has 4 aromatic rings. The Hall–Kier alpha value is -3.44. The van der Waals surface area contributed by atoms with Crippen molar-refractivity contribution in [3.05, 3.63) is 72.7 Å². The standard InChI is InChI=1S/C24H23N5O4S2/c1-28-20-18(22(32)29(2)24(28)33)26-23(27-20)34-12-16(30)25-21-17(14-10-6-7-11-15(14)35-21)19(31)13-8-4-3-5-9-13/h3-5,8-9H,6-7,10-12H2,1-2H3,(H,25,30)(H,26,27). The fourth-order valence-electron chi connectivity index (χ4n) is 4.30. The summed E-state index contributed by atoms with van der Waals surface area (Å²) in [7, 11) is 2.94. The zero-order valence-corrected chi connectivity index (χ0v) is 20.8. The Morgan fingerprint density at radius 3 is 2.63 bits per heavy atom. The minimum absolute atomic E-state index is 0.0234. The molecule has 1 aliphatic carbocycles. The minimum atomic E-state index is -0.472. The smallest absolute Gasteiger partial charge is 0.327 e. The molecule has 1 aliphatic rings. The number of aromatic nitrogens is 4. The maximum Gasteiger partial charge on any atom is 0.332 e. The molecule has 0 unspecified atom stereocenters. The number of aromatic amines is 1. The second kappa shape index (κ2) is 9.31. The van der Waals surface area contributed by atoms with E-state index in [0.29, 0.717) is 21.3 Å². The van der Waals surface area contributed by atoms with Gasteiger partial charge in [-0.25, -0.2) is 9.78 Å². The second-order valence-corrected chi connectivity index (χ2v) is 10.5. The third-order valence-corrected chi connectivity index (χ3v) is 8.18. The SMILES string of the molecule is Cn1c(=O)c2[nH]c(SCC(=O)Nc3sc4c(c3C(=O)c3ccccc3)CCCC4)nc2n(C)c1=O. The Morgan fingerprint density at radius 2 is 1.86 bits per heavy atom. The van der Waals surface area contributed by atoms with Crippen molar-refractivity contribution in [3.63, 3.8) is 0 Å². The molecule has 0 aliphatic heterocycles. The van der Waals surface area contributed by atoms with Gasteiger partial charge >= 0.3 is 5.69 Å². The van der Waals surface area contributed by atoms with Crippen molar-refractivity contribution in [1.29, 1.82) is 0 Å². The van der Waals surface area contributed by atoms with Crippen molar-refractivity contribution >= 4 is 51.0 Å². The van der Waals surface area contributed by atoms with Crippen LogP contribution in [0.15, 0.2) is 45.1 Å². The van der Waals surface area contributed by atoms with E-state index in [2.05, 4.69) is 15.3 Å². The number of benzene rings is 1. The highest BCUT2D eigenvalue weighted by Gasteiger charge is 2.27. The van der Waals surface area contributed by atoms with Gasteiger partial charge in [-0.1, -0.05) is 42.1 Å². The topological polar surface area (TPSA) is 119 Å². The van der Waals surface area contributed by atoms with Crippen molar-refractivity contribution in [2.75, 3.05) is 11.1 Å². The molecule has 2 N–H and O–H groups in total. The fourth-order valence-corrected chi connectivity index (χ4v) is 6.27. The number of hydrogen-bond acceptors (Lipinski definition) is 7. The van der Waals surface area contributed by atoms with Gasteiger partial charge in [0.05, 0.1) is 11.3 Å². The van der Waals surface area contributed by atoms with E-state index in [1.54, 1.807) is 12.1 Å². The molecule has 1 aromatic carbocycles. The van der Waals surface area contributed by atoms with Crippen LogP contribution in [0.4, 0.5) is 5.00 Å². The van der Waals surface area contributed by atoms with Crippen LogP contribution in [-0.4, -0.2) is 36.5 Å². The fraction of sp³-hybridized carbons (Fsp3) is 0.292. The average Bonchev–Trinajstić information content (AvgIpc) is 3.46. The number of fused-ring (bicyclic) bond motifs is 2. The van der Waals surface area contributed by atoms with Gasteiger partial charge in [0, 0.05) is 24.5 Å². The largest absolute Gasteiger partial charge is 0.332 e. The first kappa shape index (κ1) is 23.3.